The Morgan fingerprint density at radius 3 is 2.50 bits per heavy atom. The summed E-state index contributed by atoms with van der Waals surface area (Å²) in [6.45, 7) is -0.175. The molecule has 7 heteroatoms. The van der Waals surface area contributed by atoms with Crippen LogP contribution in [0.1, 0.15) is 12.5 Å². The lowest BCUT2D eigenvalue weighted by Gasteiger charge is -2.27. The molecule has 0 aromatic heterocycles. The molecule has 3 nitrogen and oxygen atoms in total. The van der Waals surface area contributed by atoms with Crippen LogP contribution in [0.25, 0.3) is 0 Å². The van der Waals surface area contributed by atoms with E-state index in [1.54, 1.807) is 12.1 Å². The summed E-state index contributed by atoms with van der Waals surface area (Å²) in [6.07, 6.45) is -4.47. The van der Waals surface area contributed by atoms with Gasteiger partial charge < -0.3 is 5.11 Å². The number of alkyl halides is 3. The quantitative estimate of drug-likeness (QED) is 0.894. The molecule has 2 N–H and O–H groups in total. The minimum absolute atomic E-state index is 0.244. The summed E-state index contributed by atoms with van der Waals surface area (Å²) in [5, 5.41) is 11.2. The molecule has 1 atom stereocenters. The second-order valence-corrected chi connectivity index (χ2v) is 4.82. The van der Waals surface area contributed by atoms with Gasteiger partial charge in [-0.05, 0) is 24.6 Å². The number of hydrogen-bond donors (Lipinski definition) is 2. The van der Waals surface area contributed by atoms with Crippen LogP contribution < -0.4 is 5.32 Å². The molecular weight excluding hydrogens is 315 g/mol. The summed E-state index contributed by atoms with van der Waals surface area (Å²) in [6, 6.07) is 6.16. The van der Waals surface area contributed by atoms with Crippen LogP contribution in [0.5, 0.6) is 0 Å². The monoisotopic (exact) mass is 325 g/mol. The first-order valence-electron chi connectivity index (χ1n) is 4.96. The Labute approximate surface area is 110 Å². The highest BCUT2D eigenvalue weighted by Crippen LogP contribution is 2.25. The fraction of sp³-hybridized carbons (Fsp3) is 0.364. The fourth-order valence-corrected chi connectivity index (χ4v) is 1.78. The molecule has 0 fully saturated rings. The standard InChI is InChI=1S/C11H11BrF3NO2/c1-10(9(17)18,16-6-11(13,14)15)7-3-2-4-8(12)5-7/h2-5,16H,6H2,1H3,(H,17,18). The second kappa shape index (κ2) is 5.27. The van der Waals surface area contributed by atoms with Crippen LogP contribution in [0.15, 0.2) is 28.7 Å². The molecule has 0 amide bonds. The number of benzene rings is 1. The van der Waals surface area contributed by atoms with Gasteiger partial charge in [-0.25, -0.2) is 4.79 Å². The molecule has 0 radical (unpaired) electrons. The Bertz CT molecular complexity index is 450. The van der Waals surface area contributed by atoms with Crippen molar-refractivity contribution in [2.24, 2.45) is 0 Å². The average Bonchev–Trinajstić information content (AvgIpc) is 2.24. The normalized spacial score (nSPS) is 15.2. The zero-order valence-electron chi connectivity index (χ0n) is 9.38. The minimum atomic E-state index is -4.47. The molecule has 0 bridgehead atoms. The number of nitrogens with one attached hydrogen (secondary N) is 1. The fourth-order valence-electron chi connectivity index (χ4n) is 1.38. The van der Waals surface area contributed by atoms with Gasteiger partial charge in [0, 0.05) is 4.47 Å². The van der Waals surface area contributed by atoms with Crippen molar-refractivity contribution >= 4 is 21.9 Å². The summed E-state index contributed by atoms with van der Waals surface area (Å²) >= 11 is 3.15. The molecular formula is C11H11BrF3NO2. The van der Waals surface area contributed by atoms with Crippen molar-refractivity contribution < 1.29 is 23.1 Å². The van der Waals surface area contributed by atoms with Gasteiger partial charge in [-0.2, -0.15) is 13.2 Å². The molecule has 100 valence electrons. The third kappa shape index (κ3) is 3.71. The summed E-state index contributed by atoms with van der Waals surface area (Å²) < 4.78 is 37.1. The summed E-state index contributed by atoms with van der Waals surface area (Å²) in [5.41, 5.74) is -1.55. The first-order chi connectivity index (χ1) is 8.15. The molecule has 0 aliphatic carbocycles. The summed E-state index contributed by atoms with van der Waals surface area (Å²) in [5.74, 6) is -1.37. The van der Waals surface area contributed by atoms with Gasteiger partial charge in [-0.1, -0.05) is 28.1 Å². The highest BCUT2D eigenvalue weighted by molar-refractivity contribution is 9.10. The Morgan fingerprint density at radius 1 is 1.44 bits per heavy atom. The van der Waals surface area contributed by atoms with E-state index in [0.717, 1.165) is 0 Å². The van der Waals surface area contributed by atoms with Gasteiger partial charge in [0.2, 0.25) is 0 Å². The van der Waals surface area contributed by atoms with Gasteiger partial charge in [0.25, 0.3) is 0 Å². The van der Waals surface area contributed by atoms with Crippen molar-refractivity contribution in [1.82, 2.24) is 5.32 Å². The van der Waals surface area contributed by atoms with E-state index in [1.807, 2.05) is 5.32 Å². The zero-order valence-corrected chi connectivity index (χ0v) is 11.0. The molecule has 0 aliphatic rings. The van der Waals surface area contributed by atoms with Gasteiger partial charge in [0.1, 0.15) is 5.54 Å². The average molecular weight is 326 g/mol. The van der Waals surface area contributed by atoms with Crippen LogP contribution in [-0.4, -0.2) is 23.8 Å². The number of carboxylic acids is 1. The first kappa shape index (κ1) is 15.0. The predicted molar refractivity (Wildman–Crippen MR) is 63.2 cm³/mol. The Hall–Kier alpha value is -1.08. The molecule has 1 aromatic rings. The van der Waals surface area contributed by atoms with E-state index in [2.05, 4.69) is 15.9 Å². The lowest BCUT2D eigenvalue weighted by atomic mass is 9.92. The van der Waals surface area contributed by atoms with Crippen LogP contribution in [0.4, 0.5) is 13.2 Å². The van der Waals surface area contributed by atoms with E-state index in [9.17, 15) is 18.0 Å². The number of carbonyl (C=O) groups is 1. The topological polar surface area (TPSA) is 49.3 Å². The van der Waals surface area contributed by atoms with Crippen LogP contribution in [-0.2, 0) is 10.3 Å². The molecule has 0 heterocycles. The second-order valence-electron chi connectivity index (χ2n) is 3.91. The van der Waals surface area contributed by atoms with E-state index >= 15 is 0 Å². The van der Waals surface area contributed by atoms with Crippen molar-refractivity contribution in [2.75, 3.05) is 6.54 Å². The van der Waals surface area contributed by atoms with Crippen LogP contribution >= 0.6 is 15.9 Å². The highest BCUT2D eigenvalue weighted by atomic mass is 79.9. The van der Waals surface area contributed by atoms with E-state index in [-0.39, 0.29) is 5.56 Å². The number of aliphatic carboxylic acids is 1. The van der Waals surface area contributed by atoms with Gasteiger partial charge in [-0.15, -0.1) is 0 Å². The number of halogens is 4. The lowest BCUT2D eigenvalue weighted by Crippen LogP contribution is -2.50. The lowest BCUT2D eigenvalue weighted by molar-refractivity contribution is -0.150. The van der Waals surface area contributed by atoms with Gasteiger partial charge in [0.15, 0.2) is 0 Å². The molecule has 0 spiro atoms. The van der Waals surface area contributed by atoms with Crippen molar-refractivity contribution in [3.8, 4) is 0 Å². The van der Waals surface area contributed by atoms with E-state index in [0.29, 0.717) is 4.47 Å². The Balaban J connectivity index is 3.04. The van der Waals surface area contributed by atoms with Crippen molar-refractivity contribution in [1.29, 1.82) is 0 Å². The van der Waals surface area contributed by atoms with E-state index in [4.69, 9.17) is 5.11 Å². The van der Waals surface area contributed by atoms with Gasteiger partial charge >= 0.3 is 12.1 Å². The Morgan fingerprint density at radius 2 is 2.06 bits per heavy atom. The van der Waals surface area contributed by atoms with E-state index < -0.39 is 24.2 Å². The number of hydrogen-bond acceptors (Lipinski definition) is 2. The third-order valence-corrected chi connectivity index (χ3v) is 2.97. The minimum Gasteiger partial charge on any atom is -0.480 e. The third-order valence-electron chi connectivity index (χ3n) is 2.47. The Kier molecular flexibility index (Phi) is 4.39. The maximum absolute atomic E-state index is 12.2. The smallest absolute Gasteiger partial charge is 0.401 e. The summed E-state index contributed by atoms with van der Waals surface area (Å²) in [4.78, 5) is 11.2. The summed E-state index contributed by atoms with van der Waals surface area (Å²) in [7, 11) is 0. The largest absolute Gasteiger partial charge is 0.480 e. The molecule has 1 aromatic carbocycles. The maximum atomic E-state index is 12.2. The van der Waals surface area contributed by atoms with Gasteiger partial charge in [0.05, 0.1) is 6.54 Å². The number of rotatable bonds is 4. The molecule has 0 saturated heterocycles. The first-order valence-corrected chi connectivity index (χ1v) is 5.76. The number of carboxylic acid groups (broad SMARTS) is 1. The van der Waals surface area contributed by atoms with Crippen molar-refractivity contribution in [3.63, 3.8) is 0 Å². The van der Waals surface area contributed by atoms with Crippen LogP contribution in [0.2, 0.25) is 0 Å². The van der Waals surface area contributed by atoms with Crippen molar-refractivity contribution in [3.05, 3.63) is 34.3 Å². The molecule has 18 heavy (non-hydrogen) atoms. The maximum Gasteiger partial charge on any atom is 0.401 e. The molecule has 1 rings (SSSR count). The molecule has 0 saturated carbocycles. The molecule has 0 aliphatic heterocycles. The predicted octanol–water partition coefficient (Wildman–Crippen LogP) is 2.90. The zero-order chi connectivity index (χ0) is 14.0. The van der Waals surface area contributed by atoms with Crippen LogP contribution in [0.3, 0.4) is 0 Å². The highest BCUT2D eigenvalue weighted by Gasteiger charge is 2.39. The molecule has 1 unspecified atom stereocenters. The SMILES string of the molecule is CC(NCC(F)(F)F)(C(=O)O)c1cccc(Br)c1. The van der Waals surface area contributed by atoms with E-state index in [1.165, 1.54) is 19.1 Å². The van der Waals surface area contributed by atoms with Gasteiger partial charge in [-0.3, -0.25) is 5.32 Å². The van der Waals surface area contributed by atoms with Crippen LogP contribution in [0, 0.1) is 0 Å². The van der Waals surface area contributed by atoms with Crippen molar-refractivity contribution in [2.45, 2.75) is 18.6 Å².